The second-order valence-electron chi connectivity index (χ2n) is 2.38. The second kappa shape index (κ2) is 2.98. The molecule has 0 unspecified atom stereocenters. The summed E-state index contributed by atoms with van der Waals surface area (Å²) < 4.78 is 5.21. The van der Waals surface area contributed by atoms with Crippen LogP contribution in [0.3, 0.4) is 0 Å². The number of ether oxygens (including phenoxy) is 1. The molecule has 1 aliphatic heterocycles. The summed E-state index contributed by atoms with van der Waals surface area (Å²) in [6.07, 6.45) is -0.352. The molecule has 0 aliphatic carbocycles. The van der Waals surface area contributed by atoms with Crippen molar-refractivity contribution in [2.24, 2.45) is 5.73 Å². The van der Waals surface area contributed by atoms with E-state index in [1.807, 2.05) is 0 Å². The van der Waals surface area contributed by atoms with E-state index < -0.39 is 0 Å². The first-order valence-electron chi connectivity index (χ1n) is 3.37. The molecule has 4 heteroatoms. The van der Waals surface area contributed by atoms with E-state index in [0.717, 1.165) is 0 Å². The van der Waals surface area contributed by atoms with Gasteiger partial charge >= 0.3 is 0 Å². The summed E-state index contributed by atoms with van der Waals surface area (Å²) in [5.41, 5.74) is 5.33. The van der Waals surface area contributed by atoms with Gasteiger partial charge in [0.2, 0.25) is 5.91 Å². The smallest absolute Gasteiger partial charge is 0.248 e. The predicted molar refractivity (Wildman–Crippen MR) is 36.4 cm³/mol. The molecule has 1 saturated heterocycles. The zero-order chi connectivity index (χ0) is 7.56. The van der Waals surface area contributed by atoms with Crippen LogP contribution in [0.25, 0.3) is 0 Å². The Bertz CT molecular complexity index is 138. The number of hydrogen-bond donors (Lipinski definition) is 2. The molecule has 0 saturated carbocycles. The quantitative estimate of drug-likeness (QED) is 0.488. The molecule has 1 heterocycles. The standard InChI is InChI=1S/C6H12N2O2/c1-4-6(9)8-3-5(2-7)10-4/h4-5H,2-3,7H2,1H3,(H,8,9)/t4-,5+/m0/s1. The molecule has 0 aromatic heterocycles. The summed E-state index contributed by atoms with van der Waals surface area (Å²) in [5.74, 6) is -0.0512. The van der Waals surface area contributed by atoms with Gasteiger partial charge in [-0.05, 0) is 6.92 Å². The lowest BCUT2D eigenvalue weighted by Crippen LogP contribution is -2.50. The van der Waals surface area contributed by atoms with Gasteiger partial charge in [-0.15, -0.1) is 0 Å². The molecule has 0 aromatic rings. The first kappa shape index (κ1) is 7.50. The Morgan fingerprint density at radius 2 is 2.60 bits per heavy atom. The van der Waals surface area contributed by atoms with Gasteiger partial charge in [-0.25, -0.2) is 0 Å². The van der Waals surface area contributed by atoms with E-state index >= 15 is 0 Å². The summed E-state index contributed by atoms with van der Waals surface area (Å²) in [6, 6.07) is 0. The van der Waals surface area contributed by atoms with Gasteiger partial charge in [-0.1, -0.05) is 0 Å². The number of nitrogens with one attached hydrogen (secondary N) is 1. The van der Waals surface area contributed by atoms with Crippen molar-refractivity contribution >= 4 is 5.91 Å². The van der Waals surface area contributed by atoms with Crippen LogP contribution in [-0.2, 0) is 9.53 Å². The van der Waals surface area contributed by atoms with E-state index in [2.05, 4.69) is 5.32 Å². The number of morpholine rings is 1. The van der Waals surface area contributed by atoms with Gasteiger partial charge in [-0.2, -0.15) is 0 Å². The maximum atomic E-state index is 10.8. The topological polar surface area (TPSA) is 64.3 Å². The normalized spacial score (nSPS) is 33.6. The Labute approximate surface area is 59.7 Å². The van der Waals surface area contributed by atoms with Crippen LogP contribution in [-0.4, -0.2) is 31.2 Å². The summed E-state index contributed by atoms with van der Waals surface area (Å²) in [7, 11) is 0. The number of carbonyl (C=O) groups is 1. The lowest BCUT2D eigenvalue weighted by atomic mass is 10.2. The summed E-state index contributed by atoms with van der Waals surface area (Å²) in [6.45, 7) is 2.72. The van der Waals surface area contributed by atoms with Gasteiger partial charge in [0.05, 0.1) is 6.10 Å². The van der Waals surface area contributed by atoms with Crippen LogP contribution in [0.15, 0.2) is 0 Å². The molecule has 58 valence electrons. The van der Waals surface area contributed by atoms with Crippen LogP contribution in [0.5, 0.6) is 0 Å². The highest BCUT2D eigenvalue weighted by Crippen LogP contribution is 2.01. The van der Waals surface area contributed by atoms with Crippen molar-refractivity contribution < 1.29 is 9.53 Å². The monoisotopic (exact) mass is 144 g/mol. The minimum atomic E-state index is -0.345. The average molecular weight is 144 g/mol. The zero-order valence-corrected chi connectivity index (χ0v) is 5.96. The van der Waals surface area contributed by atoms with E-state index in [1.165, 1.54) is 0 Å². The van der Waals surface area contributed by atoms with Gasteiger partial charge in [0.25, 0.3) is 0 Å². The van der Waals surface area contributed by atoms with Gasteiger partial charge in [-0.3, -0.25) is 4.79 Å². The third-order valence-electron chi connectivity index (χ3n) is 1.53. The minimum absolute atomic E-state index is 0.00676. The van der Waals surface area contributed by atoms with Crippen LogP contribution < -0.4 is 11.1 Å². The lowest BCUT2D eigenvalue weighted by molar-refractivity contribution is -0.141. The number of carbonyl (C=O) groups excluding carboxylic acids is 1. The predicted octanol–water partition coefficient (Wildman–Crippen LogP) is -1.15. The molecular formula is C6H12N2O2. The number of amides is 1. The lowest BCUT2D eigenvalue weighted by Gasteiger charge is -2.26. The van der Waals surface area contributed by atoms with Crippen LogP contribution in [0.2, 0.25) is 0 Å². The highest BCUT2D eigenvalue weighted by molar-refractivity contribution is 5.80. The Hall–Kier alpha value is -0.610. The second-order valence-corrected chi connectivity index (χ2v) is 2.38. The fourth-order valence-electron chi connectivity index (χ4n) is 0.896. The van der Waals surface area contributed by atoms with Crippen molar-refractivity contribution in [1.82, 2.24) is 5.32 Å². The van der Waals surface area contributed by atoms with Crippen molar-refractivity contribution in [3.63, 3.8) is 0 Å². The fraction of sp³-hybridized carbons (Fsp3) is 0.833. The number of rotatable bonds is 1. The number of nitrogens with two attached hydrogens (primary N) is 1. The van der Waals surface area contributed by atoms with Crippen LogP contribution in [0, 0.1) is 0 Å². The molecular weight excluding hydrogens is 132 g/mol. The van der Waals surface area contributed by atoms with Crippen LogP contribution in [0.4, 0.5) is 0 Å². The van der Waals surface area contributed by atoms with E-state index in [4.69, 9.17) is 10.5 Å². The molecule has 10 heavy (non-hydrogen) atoms. The molecule has 4 nitrogen and oxygen atoms in total. The molecule has 1 rings (SSSR count). The van der Waals surface area contributed by atoms with Crippen molar-refractivity contribution in [1.29, 1.82) is 0 Å². The Balaban J connectivity index is 2.40. The van der Waals surface area contributed by atoms with Crippen molar-refractivity contribution in [2.45, 2.75) is 19.1 Å². The molecule has 0 aromatic carbocycles. The summed E-state index contributed by atoms with van der Waals surface area (Å²) in [4.78, 5) is 10.8. The van der Waals surface area contributed by atoms with Gasteiger partial charge in [0, 0.05) is 13.1 Å². The minimum Gasteiger partial charge on any atom is -0.362 e. The maximum Gasteiger partial charge on any atom is 0.248 e. The molecule has 1 amide bonds. The van der Waals surface area contributed by atoms with E-state index in [-0.39, 0.29) is 18.1 Å². The highest BCUT2D eigenvalue weighted by Gasteiger charge is 2.23. The fourth-order valence-corrected chi connectivity index (χ4v) is 0.896. The van der Waals surface area contributed by atoms with Crippen molar-refractivity contribution in [3.05, 3.63) is 0 Å². The van der Waals surface area contributed by atoms with Crippen LogP contribution >= 0.6 is 0 Å². The largest absolute Gasteiger partial charge is 0.362 e. The van der Waals surface area contributed by atoms with Crippen LogP contribution in [0.1, 0.15) is 6.92 Å². The molecule has 3 N–H and O–H groups in total. The molecule has 0 bridgehead atoms. The summed E-state index contributed by atoms with van der Waals surface area (Å²) in [5, 5.41) is 2.69. The highest BCUT2D eigenvalue weighted by atomic mass is 16.5. The van der Waals surface area contributed by atoms with Crippen molar-refractivity contribution in [2.75, 3.05) is 13.1 Å². The van der Waals surface area contributed by atoms with E-state index in [9.17, 15) is 4.79 Å². The zero-order valence-electron chi connectivity index (χ0n) is 5.96. The Morgan fingerprint density at radius 3 is 3.10 bits per heavy atom. The first-order valence-corrected chi connectivity index (χ1v) is 3.37. The molecule has 0 radical (unpaired) electrons. The molecule has 2 atom stereocenters. The third-order valence-corrected chi connectivity index (χ3v) is 1.53. The third kappa shape index (κ3) is 1.46. The van der Waals surface area contributed by atoms with Gasteiger partial charge < -0.3 is 15.8 Å². The molecule has 1 aliphatic rings. The van der Waals surface area contributed by atoms with Gasteiger partial charge in [0.15, 0.2) is 0 Å². The Morgan fingerprint density at radius 1 is 1.90 bits per heavy atom. The SMILES string of the molecule is C[C@@H]1O[C@H](CN)CNC1=O. The van der Waals surface area contributed by atoms with E-state index in [1.54, 1.807) is 6.92 Å². The first-order chi connectivity index (χ1) is 4.74. The van der Waals surface area contributed by atoms with Gasteiger partial charge in [0.1, 0.15) is 6.10 Å². The Kier molecular flexibility index (Phi) is 2.24. The summed E-state index contributed by atoms with van der Waals surface area (Å²) >= 11 is 0. The van der Waals surface area contributed by atoms with Crippen molar-refractivity contribution in [3.8, 4) is 0 Å². The molecule has 0 spiro atoms. The molecule has 1 fully saturated rings. The average Bonchev–Trinajstić information content (AvgIpc) is 1.95. The number of hydrogen-bond acceptors (Lipinski definition) is 3. The maximum absolute atomic E-state index is 10.8. The van der Waals surface area contributed by atoms with E-state index in [0.29, 0.717) is 13.1 Å².